The van der Waals surface area contributed by atoms with Gasteiger partial charge in [0.15, 0.2) is 0 Å². The number of carboxylic acids is 1. The Morgan fingerprint density at radius 2 is 1.46 bits per heavy atom. The molecule has 0 fully saturated rings. The lowest BCUT2D eigenvalue weighted by Gasteiger charge is -2.27. The average Bonchev–Trinajstić information content (AvgIpc) is 3.20. The number of aliphatic carboxylic acids is 1. The highest BCUT2D eigenvalue weighted by molar-refractivity contribution is 6.12. The molecule has 6 amide bonds. The Morgan fingerprint density at radius 1 is 0.831 bits per heavy atom. The smallest absolute Gasteiger partial charge is 0.481 e. The summed E-state index contributed by atoms with van der Waals surface area (Å²) in [7, 11) is 0. The van der Waals surface area contributed by atoms with Gasteiger partial charge >= 0.3 is 24.0 Å². The van der Waals surface area contributed by atoms with E-state index in [1.54, 1.807) is 60.7 Å². The number of fused-ring (bicyclic) bond motifs is 1. The number of nitrogens with zero attached hydrogens (tertiary/aromatic N) is 1. The summed E-state index contributed by atoms with van der Waals surface area (Å²) in [6, 6.07) is 16.2. The van der Waals surface area contributed by atoms with E-state index in [1.807, 2.05) is 5.48 Å². The zero-order valence-corrected chi connectivity index (χ0v) is 31.5. The van der Waals surface area contributed by atoms with Crippen LogP contribution in [0.4, 0.5) is 24.5 Å². The van der Waals surface area contributed by atoms with Crippen molar-refractivity contribution >= 4 is 58.8 Å². The number of amides is 6. The summed E-state index contributed by atoms with van der Waals surface area (Å²) in [4.78, 5) is 110. The van der Waals surface area contributed by atoms with E-state index in [2.05, 4.69) is 31.8 Å². The van der Waals surface area contributed by atoms with Crippen molar-refractivity contribution < 1.29 is 67.2 Å². The van der Waals surface area contributed by atoms with E-state index >= 15 is 0 Å². The number of benzene rings is 3. The number of carbonyl (C=O) groups excluding carboxylic acids is 7. The molecule has 20 heteroatoms. The number of hydrogen-bond acceptors (Lipinski definition) is 10. The van der Waals surface area contributed by atoms with Gasteiger partial charge in [-0.05, 0) is 81.0 Å². The second-order valence-electron chi connectivity index (χ2n) is 13.3. The molecule has 3 atom stereocenters. The summed E-state index contributed by atoms with van der Waals surface area (Å²) in [6.07, 6.45) is -6.40. The summed E-state index contributed by atoms with van der Waals surface area (Å²) >= 11 is 0. The first-order valence-electron chi connectivity index (χ1n) is 18.4. The first-order chi connectivity index (χ1) is 28.0. The normalized spacial score (nSPS) is 17.8. The van der Waals surface area contributed by atoms with Gasteiger partial charge in [0.05, 0.1) is 11.3 Å². The van der Waals surface area contributed by atoms with Crippen molar-refractivity contribution in [1.82, 2.24) is 21.4 Å². The Morgan fingerprint density at radius 3 is 2.08 bits per heavy atom. The van der Waals surface area contributed by atoms with Crippen LogP contribution in [0, 0.1) is 0 Å². The topological polar surface area (TPSA) is 257 Å². The molecule has 59 heavy (non-hydrogen) atoms. The molecule has 3 aromatic carbocycles. The molecule has 0 spiro atoms. The maximum absolute atomic E-state index is 14.3. The number of halogens is 3. The Kier molecular flexibility index (Phi) is 16.2. The zero-order valence-electron chi connectivity index (χ0n) is 31.5. The summed E-state index contributed by atoms with van der Waals surface area (Å²) < 4.78 is 37.4. The maximum Gasteiger partial charge on any atom is 0.492 e. The third-order valence-corrected chi connectivity index (χ3v) is 8.99. The summed E-state index contributed by atoms with van der Waals surface area (Å²) in [5.74, 6) is -8.40. The molecular weight excluding hydrogens is 783 g/mol. The van der Waals surface area contributed by atoms with Gasteiger partial charge in [0.25, 0.3) is 17.7 Å². The number of rotatable bonds is 13. The fourth-order valence-corrected chi connectivity index (χ4v) is 5.97. The van der Waals surface area contributed by atoms with Crippen LogP contribution in [0.15, 0.2) is 78.9 Å². The van der Waals surface area contributed by atoms with Crippen LogP contribution in [0.3, 0.4) is 0 Å². The van der Waals surface area contributed by atoms with Gasteiger partial charge in [0.1, 0.15) is 18.1 Å². The van der Waals surface area contributed by atoms with E-state index in [4.69, 9.17) is 0 Å². The molecule has 9 N–H and O–H groups in total. The molecule has 0 aromatic heterocycles. The number of nitrogens with one attached hydrogen (secondary N) is 5. The van der Waals surface area contributed by atoms with E-state index in [1.165, 1.54) is 23.1 Å². The lowest BCUT2D eigenvalue weighted by atomic mass is 10.0. The lowest BCUT2D eigenvalue weighted by Crippen LogP contribution is -2.67. The molecule has 314 valence electrons. The number of unbranched alkanes of at least 4 members (excludes halogenated alkanes) is 1. The molecular formula is C39H43F3N7O10+. The highest BCUT2D eigenvalue weighted by Gasteiger charge is 2.41. The highest BCUT2D eigenvalue weighted by Crippen LogP contribution is 2.28. The number of anilines is 2. The van der Waals surface area contributed by atoms with Crippen molar-refractivity contribution in [2.45, 2.75) is 69.2 Å². The maximum atomic E-state index is 14.3. The number of quaternary nitrogens is 1. The Hall–Kier alpha value is -6.67. The fourth-order valence-electron chi connectivity index (χ4n) is 5.97. The fraction of sp³-hybridized carbons (Fsp3) is 0.333. The lowest BCUT2D eigenvalue weighted by molar-refractivity contribution is -0.308. The van der Waals surface area contributed by atoms with E-state index in [0.717, 1.165) is 0 Å². The van der Waals surface area contributed by atoms with Crippen molar-refractivity contribution in [3.8, 4) is 0 Å². The third-order valence-electron chi connectivity index (χ3n) is 8.99. The van der Waals surface area contributed by atoms with Crippen LogP contribution < -0.4 is 37.4 Å². The molecule has 17 nitrogen and oxygen atoms in total. The van der Waals surface area contributed by atoms with Gasteiger partial charge in [-0.3, -0.25) is 34.5 Å². The van der Waals surface area contributed by atoms with Crippen LogP contribution in [-0.2, 0) is 28.8 Å². The molecule has 4 rings (SSSR count). The number of hydrogen-bond donors (Lipinski definition) is 7. The van der Waals surface area contributed by atoms with Crippen molar-refractivity contribution in [2.24, 2.45) is 0 Å². The SMILES string of the molecule is [NH3+]C(=O)C1CCCN(C(=O)c2ccccc2)c2ccc(NC(=O)c3ccccc3)cc2C(=O)N[C@@H](CCC(=O)O)C(=O)N[C@@H](CCCCNOC(=O)C(F)(F)F)C(=O)N1. The zero-order chi connectivity index (χ0) is 43.1. The number of carbonyl (C=O) groups is 8. The molecule has 1 aliphatic heterocycles. The first-order valence-corrected chi connectivity index (χ1v) is 18.4. The third kappa shape index (κ3) is 13.5. The quantitative estimate of drug-likeness (QED) is 0.0967. The summed E-state index contributed by atoms with van der Waals surface area (Å²) in [6.45, 7) is -0.384. The molecule has 1 aliphatic rings. The minimum atomic E-state index is -5.23. The highest BCUT2D eigenvalue weighted by atomic mass is 19.4. The van der Waals surface area contributed by atoms with E-state index in [0.29, 0.717) is 5.56 Å². The van der Waals surface area contributed by atoms with Crippen LogP contribution in [-0.4, -0.2) is 89.9 Å². The predicted octanol–water partition coefficient (Wildman–Crippen LogP) is 1.86. The molecule has 3 aromatic rings. The van der Waals surface area contributed by atoms with Gasteiger partial charge in [-0.1, -0.05) is 36.4 Å². The molecule has 0 saturated heterocycles. The summed E-state index contributed by atoms with van der Waals surface area (Å²) in [5, 5.41) is 19.7. The van der Waals surface area contributed by atoms with E-state index in [9.17, 15) is 56.6 Å². The molecule has 1 unspecified atom stereocenters. The van der Waals surface area contributed by atoms with Gasteiger partial charge in [0.2, 0.25) is 11.8 Å². The molecule has 0 aliphatic carbocycles. The largest absolute Gasteiger partial charge is 0.492 e. The van der Waals surface area contributed by atoms with Crippen molar-refractivity contribution in [2.75, 3.05) is 23.3 Å². The van der Waals surface area contributed by atoms with Crippen LogP contribution in [0.2, 0.25) is 0 Å². The van der Waals surface area contributed by atoms with Crippen molar-refractivity contribution in [3.63, 3.8) is 0 Å². The van der Waals surface area contributed by atoms with Gasteiger partial charge < -0.3 is 36.1 Å². The van der Waals surface area contributed by atoms with Crippen LogP contribution in [0.1, 0.15) is 76.0 Å². The van der Waals surface area contributed by atoms with Crippen LogP contribution in [0.5, 0.6) is 0 Å². The molecule has 0 saturated carbocycles. The minimum Gasteiger partial charge on any atom is -0.481 e. The number of hydroxylamine groups is 1. The average molecular weight is 827 g/mol. The van der Waals surface area contributed by atoms with E-state index < -0.39 is 84.5 Å². The summed E-state index contributed by atoms with van der Waals surface area (Å²) in [5.41, 5.74) is 5.81. The number of carboxylic acid groups (broad SMARTS) is 1. The van der Waals surface area contributed by atoms with Crippen LogP contribution in [0.25, 0.3) is 0 Å². The van der Waals surface area contributed by atoms with Gasteiger partial charge in [-0.25, -0.2) is 9.59 Å². The standard InChI is InChI=1S/C39H42F3N7O10/c40-39(41,42)38(58)59-44-20-8-7-14-28-35(55)46-27(32(43)52)15-9-21-49(37(57)24-12-5-2-6-13-24)30-18-16-25(45-33(53)23-10-3-1-4-11-23)22-26(30)34(54)47-29(36(56)48-28)17-19-31(50)51/h1-6,10-13,16,18,22,27-29,44H,7-9,14-15,17,19-21H2,(H2,43,52)(H,45,53)(H,46,55)(H,47,54)(H,48,56)(H,50,51)/p+1/t27?,28-,29-/m0/s1. The molecule has 0 bridgehead atoms. The van der Waals surface area contributed by atoms with Gasteiger partial charge in [-0.2, -0.15) is 18.7 Å². The number of alkyl halides is 3. The second-order valence-corrected chi connectivity index (χ2v) is 13.3. The van der Waals surface area contributed by atoms with Gasteiger partial charge in [-0.15, -0.1) is 0 Å². The molecule has 0 radical (unpaired) electrons. The van der Waals surface area contributed by atoms with Gasteiger partial charge in [0, 0.05) is 36.3 Å². The molecule has 1 heterocycles. The van der Waals surface area contributed by atoms with Crippen molar-refractivity contribution in [1.29, 1.82) is 0 Å². The Bertz CT molecular complexity index is 2020. The predicted molar refractivity (Wildman–Crippen MR) is 202 cm³/mol. The first kappa shape index (κ1) is 45.0. The Balaban J connectivity index is 1.72. The van der Waals surface area contributed by atoms with E-state index in [-0.39, 0.29) is 67.7 Å². The Labute approximate surface area is 335 Å². The van der Waals surface area contributed by atoms with Crippen molar-refractivity contribution in [3.05, 3.63) is 95.6 Å². The second kappa shape index (κ2) is 21.2. The monoisotopic (exact) mass is 826 g/mol. The van der Waals surface area contributed by atoms with Crippen LogP contribution >= 0.6 is 0 Å². The minimum absolute atomic E-state index is 0.0346.